The van der Waals surface area contributed by atoms with E-state index in [1.807, 2.05) is 17.9 Å². The quantitative estimate of drug-likeness (QED) is 0.936. The Bertz CT molecular complexity index is 572. The van der Waals surface area contributed by atoms with Gasteiger partial charge in [0.1, 0.15) is 0 Å². The number of aromatic nitrogens is 2. The molecule has 1 heterocycles. The van der Waals surface area contributed by atoms with E-state index < -0.39 is 0 Å². The molecule has 1 N–H and O–H groups in total. The molecule has 1 aromatic carbocycles. The van der Waals surface area contributed by atoms with Crippen LogP contribution in [0.15, 0.2) is 41.0 Å². The van der Waals surface area contributed by atoms with Gasteiger partial charge in [-0.1, -0.05) is 28.1 Å². The van der Waals surface area contributed by atoms with Crippen molar-refractivity contribution in [3.63, 3.8) is 0 Å². The maximum atomic E-state index is 4.22. The number of hydrogen-bond acceptors (Lipinski definition) is 2. The highest BCUT2D eigenvalue weighted by Crippen LogP contribution is 2.42. The highest BCUT2D eigenvalue weighted by atomic mass is 79.9. The average Bonchev–Trinajstić information content (AvgIpc) is 2.74. The van der Waals surface area contributed by atoms with Crippen LogP contribution >= 0.6 is 15.9 Å². The third-order valence-electron chi connectivity index (χ3n) is 4.11. The van der Waals surface area contributed by atoms with Crippen LogP contribution in [-0.4, -0.2) is 9.78 Å². The molecular formula is C15H18BrN3. The monoisotopic (exact) mass is 319 g/mol. The summed E-state index contributed by atoms with van der Waals surface area (Å²) in [5, 5.41) is 7.95. The maximum Gasteiger partial charge on any atom is 0.0519 e. The molecule has 4 heteroatoms. The molecule has 0 aliphatic heterocycles. The van der Waals surface area contributed by atoms with E-state index in [1.54, 1.807) is 0 Å². The maximum absolute atomic E-state index is 4.22. The van der Waals surface area contributed by atoms with Gasteiger partial charge in [0.2, 0.25) is 0 Å². The van der Waals surface area contributed by atoms with Crippen molar-refractivity contribution in [1.29, 1.82) is 0 Å². The standard InChI is InChI=1S/C15H18BrN3/c1-19-14(6-9-18-19)11-17-15(7-3-8-15)12-4-2-5-13(16)10-12/h2,4-6,9-10,17H,3,7-8,11H2,1H3. The number of hydrogen-bond donors (Lipinski definition) is 1. The van der Waals surface area contributed by atoms with E-state index in [0.29, 0.717) is 0 Å². The number of halogens is 1. The van der Waals surface area contributed by atoms with Crippen LogP contribution in [0, 0.1) is 0 Å². The Labute approximate surface area is 122 Å². The molecule has 100 valence electrons. The Morgan fingerprint density at radius 2 is 2.21 bits per heavy atom. The van der Waals surface area contributed by atoms with E-state index >= 15 is 0 Å². The van der Waals surface area contributed by atoms with Crippen molar-refractivity contribution >= 4 is 15.9 Å². The van der Waals surface area contributed by atoms with E-state index in [9.17, 15) is 0 Å². The van der Waals surface area contributed by atoms with Crippen LogP contribution in [0.5, 0.6) is 0 Å². The topological polar surface area (TPSA) is 29.9 Å². The fourth-order valence-corrected chi connectivity index (χ4v) is 3.12. The Kier molecular flexibility index (Phi) is 3.46. The fraction of sp³-hybridized carbons (Fsp3) is 0.400. The van der Waals surface area contributed by atoms with Gasteiger partial charge in [0.15, 0.2) is 0 Å². The van der Waals surface area contributed by atoms with Crippen molar-refractivity contribution in [2.45, 2.75) is 31.3 Å². The largest absolute Gasteiger partial charge is 0.302 e. The molecule has 2 aromatic rings. The molecule has 1 fully saturated rings. The first-order valence-electron chi connectivity index (χ1n) is 6.68. The molecule has 1 saturated carbocycles. The number of nitrogens with zero attached hydrogens (tertiary/aromatic N) is 2. The lowest BCUT2D eigenvalue weighted by atomic mass is 9.72. The van der Waals surface area contributed by atoms with Crippen LogP contribution in [0.25, 0.3) is 0 Å². The summed E-state index contributed by atoms with van der Waals surface area (Å²) >= 11 is 3.57. The van der Waals surface area contributed by atoms with Gasteiger partial charge < -0.3 is 5.32 Å². The molecule has 0 bridgehead atoms. The van der Waals surface area contributed by atoms with Crippen molar-refractivity contribution in [2.75, 3.05) is 0 Å². The Morgan fingerprint density at radius 1 is 1.37 bits per heavy atom. The van der Waals surface area contributed by atoms with Crippen molar-refractivity contribution in [1.82, 2.24) is 15.1 Å². The lowest BCUT2D eigenvalue weighted by molar-refractivity contribution is 0.182. The number of aryl methyl sites for hydroxylation is 1. The summed E-state index contributed by atoms with van der Waals surface area (Å²) in [6.07, 6.45) is 5.57. The molecule has 0 spiro atoms. The normalized spacial score (nSPS) is 17.2. The Morgan fingerprint density at radius 3 is 2.79 bits per heavy atom. The zero-order valence-electron chi connectivity index (χ0n) is 11.1. The van der Waals surface area contributed by atoms with Crippen LogP contribution in [0.1, 0.15) is 30.5 Å². The second-order valence-corrected chi connectivity index (χ2v) is 6.16. The van der Waals surface area contributed by atoms with Gasteiger partial charge in [-0.2, -0.15) is 5.10 Å². The number of rotatable bonds is 4. The predicted molar refractivity (Wildman–Crippen MR) is 79.7 cm³/mol. The van der Waals surface area contributed by atoms with Crippen LogP contribution in [0.3, 0.4) is 0 Å². The molecule has 3 rings (SSSR count). The van der Waals surface area contributed by atoms with Gasteiger partial charge >= 0.3 is 0 Å². The highest BCUT2D eigenvalue weighted by molar-refractivity contribution is 9.10. The molecule has 0 saturated heterocycles. The van der Waals surface area contributed by atoms with Gasteiger partial charge in [0.25, 0.3) is 0 Å². The minimum Gasteiger partial charge on any atom is -0.302 e. The van der Waals surface area contributed by atoms with E-state index in [0.717, 1.165) is 11.0 Å². The Hall–Kier alpha value is -1.13. The zero-order valence-corrected chi connectivity index (χ0v) is 12.7. The van der Waals surface area contributed by atoms with E-state index in [2.05, 4.69) is 56.7 Å². The summed E-state index contributed by atoms with van der Waals surface area (Å²) in [4.78, 5) is 0. The Balaban J connectivity index is 1.78. The second-order valence-electron chi connectivity index (χ2n) is 5.25. The smallest absolute Gasteiger partial charge is 0.0519 e. The first-order chi connectivity index (χ1) is 9.20. The summed E-state index contributed by atoms with van der Waals surface area (Å²) in [6.45, 7) is 0.864. The number of nitrogens with one attached hydrogen (secondary N) is 1. The van der Waals surface area contributed by atoms with Gasteiger partial charge in [0, 0.05) is 29.8 Å². The summed E-state index contributed by atoms with van der Waals surface area (Å²) < 4.78 is 3.08. The molecule has 19 heavy (non-hydrogen) atoms. The first-order valence-corrected chi connectivity index (χ1v) is 7.47. The molecule has 3 nitrogen and oxygen atoms in total. The summed E-state index contributed by atoms with van der Waals surface area (Å²) in [5.74, 6) is 0. The summed E-state index contributed by atoms with van der Waals surface area (Å²) in [7, 11) is 1.99. The molecule has 1 aliphatic carbocycles. The van der Waals surface area contributed by atoms with Gasteiger partial charge in [-0.05, 0) is 43.0 Å². The molecular weight excluding hydrogens is 302 g/mol. The van der Waals surface area contributed by atoms with Crippen molar-refractivity contribution in [3.8, 4) is 0 Å². The van der Waals surface area contributed by atoms with Crippen molar-refractivity contribution in [3.05, 3.63) is 52.3 Å². The summed E-state index contributed by atoms with van der Waals surface area (Å²) in [5.41, 5.74) is 2.75. The van der Waals surface area contributed by atoms with Gasteiger partial charge in [-0.25, -0.2) is 0 Å². The molecule has 1 aromatic heterocycles. The minimum atomic E-state index is 0.147. The lowest BCUT2D eigenvalue weighted by Crippen LogP contribution is -2.47. The van der Waals surface area contributed by atoms with E-state index in [1.165, 1.54) is 30.5 Å². The van der Waals surface area contributed by atoms with Crippen LogP contribution in [-0.2, 0) is 19.1 Å². The van der Waals surface area contributed by atoms with Crippen molar-refractivity contribution < 1.29 is 0 Å². The zero-order chi connectivity index (χ0) is 13.3. The molecule has 1 aliphatic rings. The van der Waals surface area contributed by atoms with Crippen LogP contribution in [0.2, 0.25) is 0 Å². The van der Waals surface area contributed by atoms with E-state index in [-0.39, 0.29) is 5.54 Å². The van der Waals surface area contributed by atoms with E-state index in [4.69, 9.17) is 0 Å². The summed E-state index contributed by atoms with van der Waals surface area (Å²) in [6, 6.07) is 10.7. The van der Waals surface area contributed by atoms with Gasteiger partial charge in [-0.3, -0.25) is 4.68 Å². The third-order valence-corrected chi connectivity index (χ3v) is 4.61. The van der Waals surface area contributed by atoms with Gasteiger partial charge in [-0.15, -0.1) is 0 Å². The van der Waals surface area contributed by atoms with Crippen LogP contribution in [0.4, 0.5) is 0 Å². The molecule has 0 radical (unpaired) electrons. The molecule has 0 unspecified atom stereocenters. The fourth-order valence-electron chi connectivity index (χ4n) is 2.72. The molecule has 0 atom stereocenters. The number of benzene rings is 1. The molecule has 0 amide bonds. The third kappa shape index (κ3) is 2.47. The van der Waals surface area contributed by atoms with Crippen LogP contribution < -0.4 is 5.32 Å². The second kappa shape index (κ2) is 5.10. The lowest BCUT2D eigenvalue weighted by Gasteiger charge is -2.43. The minimum absolute atomic E-state index is 0.147. The first kappa shape index (κ1) is 12.9. The highest BCUT2D eigenvalue weighted by Gasteiger charge is 2.38. The average molecular weight is 320 g/mol. The van der Waals surface area contributed by atoms with Gasteiger partial charge in [0.05, 0.1) is 5.69 Å². The predicted octanol–water partition coefficient (Wildman–Crippen LogP) is 3.35. The SMILES string of the molecule is Cn1nccc1CNC1(c2cccc(Br)c2)CCC1. The van der Waals surface area contributed by atoms with Crippen molar-refractivity contribution in [2.24, 2.45) is 7.05 Å².